The molecule has 6 nitrogen and oxygen atoms in total. The summed E-state index contributed by atoms with van der Waals surface area (Å²) in [6.07, 6.45) is 0. The van der Waals surface area contributed by atoms with Gasteiger partial charge in [0.15, 0.2) is 5.16 Å². The van der Waals surface area contributed by atoms with Gasteiger partial charge >= 0.3 is 0 Å². The van der Waals surface area contributed by atoms with Crippen molar-refractivity contribution in [3.63, 3.8) is 0 Å². The monoisotopic (exact) mass is 396 g/mol. The maximum atomic E-state index is 12.3. The minimum Gasteiger partial charge on any atom is -0.497 e. The van der Waals surface area contributed by atoms with E-state index in [2.05, 4.69) is 41.5 Å². The van der Waals surface area contributed by atoms with E-state index in [1.54, 1.807) is 7.11 Å². The Bertz CT molecular complexity index is 967. The topological polar surface area (TPSA) is 69.0 Å². The number of nitrogens with one attached hydrogen (secondary N) is 1. The normalized spacial score (nSPS) is 10.7. The average molecular weight is 397 g/mol. The van der Waals surface area contributed by atoms with Crippen LogP contribution in [0.4, 0.5) is 0 Å². The zero-order chi connectivity index (χ0) is 20.1. The lowest BCUT2D eigenvalue weighted by Crippen LogP contribution is -2.24. The Kier molecular flexibility index (Phi) is 6.36. The Balaban J connectivity index is 1.61. The molecule has 2 aromatic carbocycles. The quantitative estimate of drug-likeness (QED) is 0.618. The highest BCUT2D eigenvalue weighted by atomic mass is 32.2. The third kappa shape index (κ3) is 4.72. The Labute approximate surface area is 169 Å². The molecule has 28 heavy (non-hydrogen) atoms. The first-order valence-corrected chi connectivity index (χ1v) is 9.98. The zero-order valence-corrected chi connectivity index (χ0v) is 17.3. The van der Waals surface area contributed by atoms with Gasteiger partial charge in [0.1, 0.15) is 11.6 Å². The second kappa shape index (κ2) is 8.93. The summed E-state index contributed by atoms with van der Waals surface area (Å²) in [5.41, 5.74) is 4.47. The number of benzene rings is 2. The highest BCUT2D eigenvalue weighted by molar-refractivity contribution is 7.99. The van der Waals surface area contributed by atoms with Gasteiger partial charge in [-0.1, -0.05) is 30.0 Å². The van der Waals surface area contributed by atoms with Gasteiger partial charge in [0.25, 0.3) is 0 Å². The van der Waals surface area contributed by atoms with E-state index < -0.39 is 0 Å². The number of nitrogens with zero attached hydrogens (tertiary/aromatic N) is 3. The highest BCUT2D eigenvalue weighted by Gasteiger charge is 2.14. The fourth-order valence-corrected chi connectivity index (χ4v) is 3.55. The van der Waals surface area contributed by atoms with E-state index in [9.17, 15) is 4.79 Å². The number of aromatic nitrogens is 3. The number of aryl methyl sites for hydroxylation is 3. The second-order valence-corrected chi connectivity index (χ2v) is 7.49. The van der Waals surface area contributed by atoms with Crippen LogP contribution in [0.5, 0.6) is 5.75 Å². The average Bonchev–Trinajstić information content (AvgIpc) is 3.07. The molecule has 1 heterocycles. The van der Waals surface area contributed by atoms with Crippen molar-refractivity contribution in [2.24, 2.45) is 0 Å². The van der Waals surface area contributed by atoms with Crippen molar-refractivity contribution in [3.8, 4) is 11.4 Å². The molecule has 3 rings (SSSR count). The van der Waals surface area contributed by atoms with Crippen LogP contribution in [0.2, 0.25) is 0 Å². The van der Waals surface area contributed by atoms with Crippen LogP contribution < -0.4 is 10.1 Å². The minimum absolute atomic E-state index is 0.0480. The van der Waals surface area contributed by atoms with Crippen molar-refractivity contribution in [2.45, 2.75) is 32.5 Å². The Morgan fingerprint density at radius 2 is 1.82 bits per heavy atom. The van der Waals surface area contributed by atoms with Crippen molar-refractivity contribution in [3.05, 3.63) is 65.0 Å². The van der Waals surface area contributed by atoms with Crippen molar-refractivity contribution in [1.82, 2.24) is 20.1 Å². The zero-order valence-electron chi connectivity index (χ0n) is 16.5. The SMILES string of the molecule is COc1ccc(CNC(=O)CSc2nnc(C)n2-c2ccc(C)c(C)c2)cc1. The van der Waals surface area contributed by atoms with Gasteiger partial charge in [-0.2, -0.15) is 0 Å². The molecule has 0 aliphatic heterocycles. The summed E-state index contributed by atoms with van der Waals surface area (Å²) in [6.45, 7) is 6.56. The number of rotatable bonds is 7. The van der Waals surface area contributed by atoms with Crippen LogP contribution in [0.15, 0.2) is 47.6 Å². The van der Waals surface area contributed by atoms with E-state index in [0.29, 0.717) is 11.7 Å². The van der Waals surface area contributed by atoms with Gasteiger partial charge in [-0.3, -0.25) is 9.36 Å². The van der Waals surface area contributed by atoms with Crippen molar-refractivity contribution >= 4 is 17.7 Å². The van der Waals surface area contributed by atoms with E-state index in [4.69, 9.17) is 4.74 Å². The van der Waals surface area contributed by atoms with Gasteiger partial charge in [-0.15, -0.1) is 10.2 Å². The van der Waals surface area contributed by atoms with Crippen molar-refractivity contribution in [1.29, 1.82) is 0 Å². The summed E-state index contributed by atoms with van der Waals surface area (Å²) in [5, 5.41) is 12.1. The Morgan fingerprint density at radius 3 is 2.50 bits per heavy atom. The first-order valence-electron chi connectivity index (χ1n) is 9.00. The van der Waals surface area contributed by atoms with Crippen LogP contribution in [0.25, 0.3) is 5.69 Å². The third-order valence-electron chi connectivity index (χ3n) is 4.52. The van der Waals surface area contributed by atoms with Crippen LogP contribution in [-0.4, -0.2) is 33.5 Å². The smallest absolute Gasteiger partial charge is 0.230 e. The molecule has 0 bridgehead atoms. The molecule has 0 spiro atoms. The van der Waals surface area contributed by atoms with Gasteiger partial charge in [0.2, 0.25) is 5.91 Å². The van der Waals surface area contributed by atoms with E-state index in [1.165, 1.54) is 22.9 Å². The van der Waals surface area contributed by atoms with E-state index in [-0.39, 0.29) is 11.7 Å². The maximum absolute atomic E-state index is 12.3. The molecule has 3 aromatic rings. The summed E-state index contributed by atoms with van der Waals surface area (Å²) in [5.74, 6) is 1.82. The molecular formula is C21H24N4O2S. The highest BCUT2D eigenvalue weighted by Crippen LogP contribution is 2.23. The van der Waals surface area contributed by atoms with E-state index >= 15 is 0 Å². The van der Waals surface area contributed by atoms with Crippen LogP contribution in [-0.2, 0) is 11.3 Å². The number of carbonyl (C=O) groups excluding carboxylic acids is 1. The summed E-state index contributed by atoms with van der Waals surface area (Å²) in [7, 11) is 1.63. The molecule has 146 valence electrons. The predicted molar refractivity (Wildman–Crippen MR) is 111 cm³/mol. The molecule has 1 N–H and O–H groups in total. The number of ether oxygens (including phenoxy) is 1. The molecule has 0 atom stereocenters. The largest absolute Gasteiger partial charge is 0.497 e. The van der Waals surface area contributed by atoms with E-state index in [0.717, 1.165) is 22.8 Å². The first-order chi connectivity index (χ1) is 13.5. The maximum Gasteiger partial charge on any atom is 0.230 e. The molecule has 0 unspecified atom stereocenters. The van der Waals surface area contributed by atoms with Gasteiger partial charge < -0.3 is 10.1 Å². The fourth-order valence-electron chi connectivity index (χ4n) is 2.72. The fraction of sp³-hybridized carbons (Fsp3) is 0.286. The third-order valence-corrected chi connectivity index (χ3v) is 5.45. The molecule has 0 saturated carbocycles. The number of hydrogen-bond donors (Lipinski definition) is 1. The summed E-state index contributed by atoms with van der Waals surface area (Å²) in [4.78, 5) is 12.3. The molecule has 1 amide bonds. The lowest BCUT2D eigenvalue weighted by molar-refractivity contribution is -0.118. The Morgan fingerprint density at radius 1 is 1.07 bits per heavy atom. The molecule has 0 radical (unpaired) electrons. The summed E-state index contributed by atoms with van der Waals surface area (Å²) >= 11 is 1.38. The van der Waals surface area contributed by atoms with Crippen LogP contribution in [0.1, 0.15) is 22.5 Å². The van der Waals surface area contributed by atoms with Crippen LogP contribution in [0.3, 0.4) is 0 Å². The molecule has 0 aliphatic carbocycles. The summed E-state index contributed by atoms with van der Waals surface area (Å²) in [6, 6.07) is 13.9. The van der Waals surface area contributed by atoms with Gasteiger partial charge in [-0.05, 0) is 61.7 Å². The molecule has 7 heteroatoms. The van der Waals surface area contributed by atoms with Gasteiger partial charge in [0.05, 0.1) is 12.9 Å². The van der Waals surface area contributed by atoms with Crippen LogP contribution in [0, 0.1) is 20.8 Å². The van der Waals surface area contributed by atoms with Gasteiger partial charge in [0, 0.05) is 12.2 Å². The molecule has 0 fully saturated rings. The number of thioether (sulfide) groups is 1. The standard InChI is InChI=1S/C21H24N4O2S/c1-14-5-8-18(11-15(14)2)25-16(3)23-24-21(25)28-13-20(26)22-12-17-6-9-19(27-4)10-7-17/h5-11H,12-13H2,1-4H3,(H,22,26). The lowest BCUT2D eigenvalue weighted by Gasteiger charge is -2.11. The number of methoxy groups -OCH3 is 1. The van der Waals surface area contributed by atoms with Crippen molar-refractivity contribution in [2.75, 3.05) is 12.9 Å². The second-order valence-electron chi connectivity index (χ2n) is 6.55. The molecule has 0 saturated heterocycles. The lowest BCUT2D eigenvalue weighted by atomic mass is 10.1. The molecule has 0 aliphatic rings. The number of amides is 1. The summed E-state index contributed by atoms with van der Waals surface area (Å²) < 4.78 is 7.12. The van der Waals surface area contributed by atoms with Crippen molar-refractivity contribution < 1.29 is 9.53 Å². The minimum atomic E-state index is -0.0480. The molecule has 1 aromatic heterocycles. The number of carbonyl (C=O) groups is 1. The molecular weight excluding hydrogens is 372 g/mol. The van der Waals surface area contributed by atoms with Gasteiger partial charge in [-0.25, -0.2) is 0 Å². The number of hydrogen-bond acceptors (Lipinski definition) is 5. The first kappa shape index (κ1) is 19.9. The Hall–Kier alpha value is -2.80. The van der Waals surface area contributed by atoms with Crippen LogP contribution >= 0.6 is 11.8 Å². The predicted octanol–water partition coefficient (Wildman–Crippen LogP) is 3.61. The van der Waals surface area contributed by atoms with E-state index in [1.807, 2.05) is 41.8 Å².